The van der Waals surface area contributed by atoms with Crippen molar-refractivity contribution in [2.45, 2.75) is 26.7 Å². The van der Waals surface area contributed by atoms with Crippen LogP contribution in [0.15, 0.2) is 16.6 Å². The number of halogens is 1. The first-order chi connectivity index (χ1) is 7.61. The Bertz CT molecular complexity index is 386. The Morgan fingerprint density at radius 1 is 1.44 bits per heavy atom. The van der Waals surface area contributed by atoms with Crippen molar-refractivity contribution < 1.29 is 0 Å². The number of anilines is 2. The van der Waals surface area contributed by atoms with Crippen LogP contribution in [-0.4, -0.2) is 13.1 Å². The lowest BCUT2D eigenvalue weighted by atomic mass is 10.1. The lowest BCUT2D eigenvalue weighted by Crippen LogP contribution is -2.25. The summed E-state index contributed by atoms with van der Waals surface area (Å²) >= 11 is 3.61. The molecule has 0 heterocycles. The molecular formula is C13H19BrN2. The van der Waals surface area contributed by atoms with Crippen LogP contribution in [0.2, 0.25) is 0 Å². The average molecular weight is 283 g/mol. The fraction of sp³-hybridized carbons (Fsp3) is 0.538. The highest BCUT2D eigenvalue weighted by Gasteiger charge is 2.24. The number of nitrogens with zero attached hydrogens (tertiary/aromatic N) is 1. The van der Waals surface area contributed by atoms with Gasteiger partial charge in [-0.2, -0.15) is 0 Å². The Morgan fingerprint density at radius 2 is 2.12 bits per heavy atom. The molecule has 0 saturated heterocycles. The van der Waals surface area contributed by atoms with E-state index >= 15 is 0 Å². The molecule has 0 aliphatic heterocycles. The molecule has 1 aromatic carbocycles. The molecule has 88 valence electrons. The van der Waals surface area contributed by atoms with Gasteiger partial charge >= 0.3 is 0 Å². The van der Waals surface area contributed by atoms with Crippen LogP contribution in [0.1, 0.15) is 25.3 Å². The van der Waals surface area contributed by atoms with Crippen molar-refractivity contribution in [3.63, 3.8) is 0 Å². The largest absolute Gasteiger partial charge is 0.398 e. The van der Waals surface area contributed by atoms with Crippen molar-refractivity contribution in [1.82, 2.24) is 0 Å². The second-order valence-corrected chi connectivity index (χ2v) is 5.50. The summed E-state index contributed by atoms with van der Waals surface area (Å²) in [5.41, 5.74) is 9.19. The first-order valence-electron chi connectivity index (χ1n) is 5.92. The van der Waals surface area contributed by atoms with E-state index in [4.69, 9.17) is 5.73 Å². The molecule has 0 amide bonds. The zero-order valence-electron chi connectivity index (χ0n) is 9.96. The molecule has 3 heteroatoms. The van der Waals surface area contributed by atoms with Gasteiger partial charge in [0.15, 0.2) is 0 Å². The Kier molecular flexibility index (Phi) is 3.43. The SMILES string of the molecule is CCN(CC1CC1)c1cc(C)c(N)cc1Br. The molecule has 2 rings (SSSR count). The number of aryl methyl sites for hydroxylation is 1. The molecule has 1 aliphatic carbocycles. The third-order valence-electron chi connectivity index (χ3n) is 3.23. The van der Waals surface area contributed by atoms with Gasteiger partial charge < -0.3 is 10.6 Å². The van der Waals surface area contributed by atoms with Gasteiger partial charge in [0.1, 0.15) is 0 Å². The van der Waals surface area contributed by atoms with E-state index in [-0.39, 0.29) is 0 Å². The second-order valence-electron chi connectivity index (χ2n) is 4.64. The highest BCUT2D eigenvalue weighted by Crippen LogP contribution is 2.35. The molecule has 1 aromatic rings. The van der Waals surface area contributed by atoms with Gasteiger partial charge in [-0.05, 0) is 66.2 Å². The van der Waals surface area contributed by atoms with E-state index in [1.165, 1.54) is 25.1 Å². The van der Waals surface area contributed by atoms with Gasteiger partial charge in [-0.25, -0.2) is 0 Å². The van der Waals surface area contributed by atoms with Crippen molar-refractivity contribution in [1.29, 1.82) is 0 Å². The number of hydrogen-bond acceptors (Lipinski definition) is 2. The summed E-state index contributed by atoms with van der Waals surface area (Å²) in [6, 6.07) is 4.20. The summed E-state index contributed by atoms with van der Waals surface area (Å²) < 4.78 is 1.11. The molecule has 1 saturated carbocycles. The van der Waals surface area contributed by atoms with E-state index in [9.17, 15) is 0 Å². The van der Waals surface area contributed by atoms with Crippen LogP contribution < -0.4 is 10.6 Å². The highest BCUT2D eigenvalue weighted by atomic mass is 79.9. The normalized spacial score (nSPS) is 15.2. The van der Waals surface area contributed by atoms with Crippen molar-refractivity contribution >= 4 is 27.3 Å². The van der Waals surface area contributed by atoms with E-state index < -0.39 is 0 Å². The maximum Gasteiger partial charge on any atom is 0.0514 e. The Balaban J connectivity index is 2.25. The van der Waals surface area contributed by atoms with Gasteiger partial charge in [-0.3, -0.25) is 0 Å². The standard InChI is InChI=1S/C13H19BrN2/c1-3-16(8-10-4-5-10)13-6-9(2)12(15)7-11(13)14/h6-7,10H,3-5,8,15H2,1-2H3. The predicted molar refractivity (Wildman–Crippen MR) is 73.9 cm³/mol. The fourth-order valence-corrected chi connectivity index (χ4v) is 2.55. The van der Waals surface area contributed by atoms with Crippen LogP contribution >= 0.6 is 15.9 Å². The van der Waals surface area contributed by atoms with Gasteiger partial charge in [-0.1, -0.05) is 0 Å². The zero-order chi connectivity index (χ0) is 11.7. The number of benzene rings is 1. The third kappa shape index (κ3) is 2.51. The molecule has 0 unspecified atom stereocenters. The maximum atomic E-state index is 5.90. The first-order valence-corrected chi connectivity index (χ1v) is 6.71. The molecule has 0 aromatic heterocycles. The summed E-state index contributed by atoms with van der Waals surface area (Å²) in [4.78, 5) is 2.44. The smallest absolute Gasteiger partial charge is 0.0514 e. The molecule has 16 heavy (non-hydrogen) atoms. The number of hydrogen-bond donors (Lipinski definition) is 1. The summed E-state index contributed by atoms with van der Waals surface area (Å²) in [6.45, 7) is 6.51. The molecule has 1 fully saturated rings. The molecule has 2 N–H and O–H groups in total. The lowest BCUT2D eigenvalue weighted by Gasteiger charge is -2.25. The van der Waals surface area contributed by atoms with E-state index in [2.05, 4.69) is 40.7 Å². The minimum atomic E-state index is 0.859. The molecule has 2 nitrogen and oxygen atoms in total. The Labute approximate surface area is 106 Å². The fourth-order valence-electron chi connectivity index (χ4n) is 1.93. The van der Waals surface area contributed by atoms with E-state index in [0.717, 1.165) is 28.2 Å². The van der Waals surface area contributed by atoms with Gasteiger partial charge in [0, 0.05) is 23.2 Å². The van der Waals surface area contributed by atoms with Crippen molar-refractivity contribution in [3.05, 3.63) is 22.2 Å². The minimum absolute atomic E-state index is 0.859. The van der Waals surface area contributed by atoms with Crippen molar-refractivity contribution in [2.75, 3.05) is 23.7 Å². The van der Waals surface area contributed by atoms with E-state index in [0.29, 0.717) is 0 Å². The predicted octanol–water partition coefficient (Wildman–Crippen LogP) is 3.58. The van der Waals surface area contributed by atoms with Gasteiger partial charge in [0.05, 0.1) is 5.69 Å². The zero-order valence-corrected chi connectivity index (χ0v) is 11.5. The topological polar surface area (TPSA) is 29.3 Å². The van der Waals surface area contributed by atoms with Crippen LogP contribution in [0.5, 0.6) is 0 Å². The van der Waals surface area contributed by atoms with Crippen LogP contribution in [0, 0.1) is 12.8 Å². The Hall–Kier alpha value is -0.700. The molecule has 0 radical (unpaired) electrons. The molecular weight excluding hydrogens is 264 g/mol. The Morgan fingerprint density at radius 3 is 2.69 bits per heavy atom. The van der Waals surface area contributed by atoms with Crippen LogP contribution in [0.4, 0.5) is 11.4 Å². The summed E-state index contributed by atoms with van der Waals surface area (Å²) in [5, 5.41) is 0. The van der Waals surface area contributed by atoms with Gasteiger partial charge in [-0.15, -0.1) is 0 Å². The molecule has 0 bridgehead atoms. The average Bonchev–Trinajstić information content (AvgIpc) is 3.04. The molecule has 1 aliphatic rings. The van der Waals surface area contributed by atoms with E-state index in [1.807, 2.05) is 6.07 Å². The van der Waals surface area contributed by atoms with Gasteiger partial charge in [0.25, 0.3) is 0 Å². The number of rotatable bonds is 4. The quantitative estimate of drug-likeness (QED) is 0.856. The second kappa shape index (κ2) is 4.66. The van der Waals surface area contributed by atoms with Crippen LogP contribution in [0.25, 0.3) is 0 Å². The van der Waals surface area contributed by atoms with Crippen molar-refractivity contribution in [3.8, 4) is 0 Å². The monoisotopic (exact) mass is 282 g/mol. The third-order valence-corrected chi connectivity index (χ3v) is 3.87. The van der Waals surface area contributed by atoms with Crippen LogP contribution in [-0.2, 0) is 0 Å². The van der Waals surface area contributed by atoms with E-state index in [1.54, 1.807) is 0 Å². The van der Waals surface area contributed by atoms with Gasteiger partial charge in [0.2, 0.25) is 0 Å². The molecule has 0 atom stereocenters. The lowest BCUT2D eigenvalue weighted by molar-refractivity contribution is 0.740. The van der Waals surface area contributed by atoms with Crippen molar-refractivity contribution in [2.24, 2.45) is 5.92 Å². The number of nitrogens with two attached hydrogens (primary N) is 1. The minimum Gasteiger partial charge on any atom is -0.398 e. The summed E-state index contributed by atoms with van der Waals surface area (Å²) in [7, 11) is 0. The van der Waals surface area contributed by atoms with Crippen LogP contribution in [0.3, 0.4) is 0 Å². The summed E-state index contributed by atoms with van der Waals surface area (Å²) in [6.07, 6.45) is 2.78. The number of nitrogen functional groups attached to an aromatic ring is 1. The first kappa shape index (κ1) is 11.8. The summed E-state index contributed by atoms with van der Waals surface area (Å²) in [5.74, 6) is 0.907. The highest BCUT2D eigenvalue weighted by molar-refractivity contribution is 9.10. The maximum absolute atomic E-state index is 5.90. The molecule has 0 spiro atoms.